The minimum Gasteiger partial charge on any atom is -0.370 e. The average molecular weight is 472 g/mol. The van der Waals surface area contributed by atoms with Crippen LogP contribution in [0.3, 0.4) is 0 Å². The molecule has 0 atom stereocenters. The zero-order chi connectivity index (χ0) is 24.4. The van der Waals surface area contributed by atoms with E-state index in [0.29, 0.717) is 0 Å². The number of benzene rings is 2. The van der Waals surface area contributed by atoms with Crippen molar-refractivity contribution in [2.24, 2.45) is 12.8 Å². The van der Waals surface area contributed by atoms with Crippen molar-refractivity contribution in [3.63, 3.8) is 0 Å². The Bertz CT molecular complexity index is 1170. The Morgan fingerprint density at radius 1 is 0.800 bits per heavy atom. The highest BCUT2D eigenvalue weighted by Gasteiger charge is 2.19. The van der Waals surface area contributed by atoms with Crippen LogP contribution in [-0.2, 0) is 7.05 Å². The Hall–Kier alpha value is -4.01. The van der Waals surface area contributed by atoms with Crippen molar-refractivity contribution < 1.29 is 0 Å². The fourth-order valence-electron chi connectivity index (χ4n) is 4.93. The molecule has 3 aromatic rings. The minimum atomic E-state index is 0.155. The van der Waals surface area contributed by atoms with Gasteiger partial charge in [-0.05, 0) is 42.0 Å². The largest absolute Gasteiger partial charge is 0.370 e. The van der Waals surface area contributed by atoms with Crippen LogP contribution in [0, 0.1) is 10.8 Å². The first-order chi connectivity index (χ1) is 17.0. The molecule has 0 radical (unpaired) electrons. The summed E-state index contributed by atoms with van der Waals surface area (Å²) in [6.07, 6.45) is 3.38. The molecule has 9 heteroatoms. The number of aromatic nitrogens is 2. The van der Waals surface area contributed by atoms with E-state index in [2.05, 4.69) is 69.9 Å². The fourth-order valence-corrected chi connectivity index (χ4v) is 4.93. The number of hydrogen-bond acceptors (Lipinski definition) is 5. The molecule has 4 N–H and O–H groups in total. The SMILES string of the molecule is Cn1c(-c2ccc(N3CCN(C=N)CC3)cc2)cnc1-c1ccc(N2CCN(C(=N)N)CC2)cc1. The molecular weight excluding hydrogens is 438 g/mol. The number of guanidine groups is 1. The van der Waals surface area contributed by atoms with Crippen molar-refractivity contribution in [2.45, 2.75) is 0 Å². The molecule has 2 aromatic carbocycles. The van der Waals surface area contributed by atoms with E-state index < -0.39 is 0 Å². The van der Waals surface area contributed by atoms with E-state index in [4.69, 9.17) is 21.5 Å². The molecule has 0 saturated carbocycles. The zero-order valence-corrected chi connectivity index (χ0v) is 20.2. The smallest absolute Gasteiger partial charge is 0.188 e. The van der Waals surface area contributed by atoms with Crippen LogP contribution in [0.15, 0.2) is 54.7 Å². The summed E-state index contributed by atoms with van der Waals surface area (Å²) in [5, 5.41) is 15.0. The van der Waals surface area contributed by atoms with Gasteiger partial charge >= 0.3 is 0 Å². The van der Waals surface area contributed by atoms with Crippen LogP contribution in [0.5, 0.6) is 0 Å². The zero-order valence-electron chi connectivity index (χ0n) is 20.2. The van der Waals surface area contributed by atoms with E-state index in [-0.39, 0.29) is 5.96 Å². The van der Waals surface area contributed by atoms with Gasteiger partial charge in [0.15, 0.2) is 5.96 Å². The van der Waals surface area contributed by atoms with Crippen molar-refractivity contribution in [1.82, 2.24) is 19.4 Å². The molecule has 0 aliphatic carbocycles. The highest BCUT2D eigenvalue weighted by molar-refractivity contribution is 5.75. The lowest BCUT2D eigenvalue weighted by Crippen LogP contribution is -2.50. The first-order valence-electron chi connectivity index (χ1n) is 12.1. The van der Waals surface area contributed by atoms with Gasteiger partial charge in [0.1, 0.15) is 5.82 Å². The molecule has 2 aliphatic heterocycles. The molecular formula is C26H33N9. The molecule has 0 bridgehead atoms. The Balaban J connectivity index is 1.27. The summed E-state index contributed by atoms with van der Waals surface area (Å²) >= 11 is 0. The maximum atomic E-state index is 7.60. The first-order valence-corrected chi connectivity index (χ1v) is 12.1. The second-order valence-corrected chi connectivity index (χ2v) is 9.13. The molecule has 2 aliphatic rings. The van der Waals surface area contributed by atoms with E-state index in [1.165, 1.54) is 17.7 Å². The molecule has 0 amide bonds. The van der Waals surface area contributed by atoms with E-state index >= 15 is 0 Å². The van der Waals surface area contributed by atoms with Crippen molar-refractivity contribution in [2.75, 3.05) is 62.2 Å². The average Bonchev–Trinajstić information content (AvgIpc) is 3.30. The summed E-state index contributed by atoms with van der Waals surface area (Å²) in [4.78, 5) is 13.4. The summed E-state index contributed by atoms with van der Waals surface area (Å²) in [5.41, 5.74) is 11.3. The molecule has 5 rings (SSSR count). The van der Waals surface area contributed by atoms with Crippen LogP contribution in [0.25, 0.3) is 22.6 Å². The molecule has 1 aromatic heterocycles. The lowest BCUT2D eigenvalue weighted by atomic mass is 10.1. The minimum absolute atomic E-state index is 0.155. The van der Waals surface area contributed by atoms with Crippen molar-refractivity contribution in [3.05, 3.63) is 54.7 Å². The van der Waals surface area contributed by atoms with Gasteiger partial charge in [-0.3, -0.25) is 10.8 Å². The highest BCUT2D eigenvalue weighted by atomic mass is 15.3. The van der Waals surface area contributed by atoms with Crippen molar-refractivity contribution in [3.8, 4) is 22.6 Å². The van der Waals surface area contributed by atoms with Gasteiger partial charge in [-0.15, -0.1) is 0 Å². The van der Waals surface area contributed by atoms with Gasteiger partial charge in [0.2, 0.25) is 0 Å². The number of nitrogens with two attached hydrogens (primary N) is 1. The van der Waals surface area contributed by atoms with E-state index in [9.17, 15) is 0 Å². The van der Waals surface area contributed by atoms with Crippen LogP contribution < -0.4 is 15.5 Å². The normalized spacial score (nSPS) is 16.5. The number of piperazine rings is 2. The fraction of sp³-hybridized carbons (Fsp3) is 0.346. The van der Waals surface area contributed by atoms with Gasteiger partial charge in [-0.1, -0.05) is 12.1 Å². The van der Waals surface area contributed by atoms with Crippen LogP contribution in [-0.4, -0.2) is 84.0 Å². The number of imidazole rings is 1. The number of nitrogens with zero attached hydrogens (tertiary/aromatic N) is 6. The van der Waals surface area contributed by atoms with E-state index in [1.54, 1.807) is 0 Å². The molecule has 2 fully saturated rings. The molecule has 0 unspecified atom stereocenters. The molecule has 182 valence electrons. The topological polar surface area (TPSA) is 105 Å². The molecule has 35 heavy (non-hydrogen) atoms. The lowest BCUT2D eigenvalue weighted by Gasteiger charge is -2.36. The molecule has 2 saturated heterocycles. The highest BCUT2D eigenvalue weighted by Crippen LogP contribution is 2.29. The van der Waals surface area contributed by atoms with Gasteiger partial charge in [0.25, 0.3) is 0 Å². The van der Waals surface area contributed by atoms with Gasteiger partial charge in [-0.25, -0.2) is 4.98 Å². The molecule has 9 nitrogen and oxygen atoms in total. The van der Waals surface area contributed by atoms with Crippen LogP contribution >= 0.6 is 0 Å². The predicted octanol–water partition coefficient (Wildman–Crippen LogP) is 2.50. The number of nitrogens with one attached hydrogen (secondary N) is 2. The Morgan fingerprint density at radius 3 is 1.83 bits per heavy atom. The van der Waals surface area contributed by atoms with Crippen LogP contribution in [0.1, 0.15) is 0 Å². The quantitative estimate of drug-likeness (QED) is 0.390. The van der Waals surface area contributed by atoms with Crippen LogP contribution in [0.2, 0.25) is 0 Å². The Labute approximate surface area is 206 Å². The van der Waals surface area contributed by atoms with Crippen LogP contribution in [0.4, 0.5) is 11.4 Å². The van der Waals surface area contributed by atoms with E-state index in [0.717, 1.165) is 75.0 Å². The predicted molar refractivity (Wildman–Crippen MR) is 142 cm³/mol. The summed E-state index contributed by atoms with van der Waals surface area (Å²) in [7, 11) is 2.07. The second-order valence-electron chi connectivity index (χ2n) is 9.13. The third-order valence-electron chi connectivity index (χ3n) is 7.12. The van der Waals surface area contributed by atoms with Gasteiger partial charge < -0.3 is 29.9 Å². The number of anilines is 2. The van der Waals surface area contributed by atoms with Gasteiger partial charge in [-0.2, -0.15) is 0 Å². The third kappa shape index (κ3) is 4.66. The maximum absolute atomic E-state index is 7.60. The first kappa shape index (κ1) is 22.8. The lowest BCUT2D eigenvalue weighted by molar-refractivity contribution is 0.380. The second kappa shape index (κ2) is 9.69. The summed E-state index contributed by atoms with van der Waals surface area (Å²) in [5.74, 6) is 1.10. The third-order valence-corrected chi connectivity index (χ3v) is 7.12. The molecule has 3 heterocycles. The number of rotatable bonds is 5. The Kier molecular flexibility index (Phi) is 6.31. The molecule has 0 spiro atoms. The maximum Gasteiger partial charge on any atom is 0.188 e. The Morgan fingerprint density at radius 2 is 1.31 bits per heavy atom. The summed E-state index contributed by atoms with van der Waals surface area (Å²) in [6, 6.07) is 17.3. The summed E-state index contributed by atoms with van der Waals surface area (Å²) < 4.78 is 2.15. The van der Waals surface area contributed by atoms with Crippen molar-refractivity contribution >= 4 is 23.7 Å². The van der Waals surface area contributed by atoms with Crippen molar-refractivity contribution in [1.29, 1.82) is 10.8 Å². The van der Waals surface area contributed by atoms with E-state index in [1.807, 2.05) is 16.0 Å². The summed E-state index contributed by atoms with van der Waals surface area (Å²) in [6.45, 7) is 6.93. The number of hydrogen-bond donors (Lipinski definition) is 3. The monoisotopic (exact) mass is 471 g/mol. The standard InChI is InChI=1S/C26H33N9/c1-31-24(20-2-6-22(7-3-20)33-12-10-32(19-27)11-13-33)18-30-25(31)21-4-8-23(9-5-21)34-14-16-35(17-15-34)26(28)29/h2-9,18-19,27H,10-17H2,1H3,(H3,28,29). The van der Waals surface area contributed by atoms with Gasteiger partial charge in [0.05, 0.1) is 18.2 Å². The van der Waals surface area contributed by atoms with Gasteiger partial charge in [0, 0.05) is 76.3 Å².